The quantitative estimate of drug-likeness (QED) is 0.739. The predicted molar refractivity (Wildman–Crippen MR) is 80.7 cm³/mol. The molecule has 4 aliphatic rings. The average molecular weight is 289 g/mol. The van der Waals surface area contributed by atoms with E-state index in [0.717, 1.165) is 30.8 Å². The van der Waals surface area contributed by atoms with E-state index in [4.69, 9.17) is 4.74 Å². The monoisotopic (exact) mass is 289 g/mol. The number of hydrogen-bond donors (Lipinski definition) is 0. The van der Waals surface area contributed by atoms with Crippen LogP contribution in [0.25, 0.3) is 0 Å². The molecule has 2 unspecified atom stereocenters. The van der Waals surface area contributed by atoms with Crippen molar-refractivity contribution in [1.82, 2.24) is 9.80 Å². The lowest BCUT2D eigenvalue weighted by Gasteiger charge is -2.60. The van der Waals surface area contributed by atoms with E-state index in [1.54, 1.807) is 7.11 Å². The van der Waals surface area contributed by atoms with Crippen LogP contribution in [0.3, 0.4) is 0 Å². The number of fused-ring (bicyclic) bond motifs is 2. The number of ether oxygens (including phenoxy) is 1. The molecule has 0 aromatic rings. The summed E-state index contributed by atoms with van der Waals surface area (Å²) in [5, 5.41) is 9.67. The highest BCUT2D eigenvalue weighted by atomic mass is 16.5. The summed E-state index contributed by atoms with van der Waals surface area (Å²) in [6, 6.07) is 3.98. The lowest BCUT2D eigenvalue weighted by atomic mass is 9.67. The molecule has 0 aromatic heterocycles. The molecule has 4 aliphatic heterocycles. The van der Waals surface area contributed by atoms with Crippen LogP contribution in [-0.2, 0) is 4.74 Å². The highest BCUT2D eigenvalue weighted by molar-refractivity contribution is 5.11. The topological polar surface area (TPSA) is 39.5 Å². The standard InChI is InChI=1S/C17H27N3O/c1-21-16-7-6-14-13-5-3-9-19-8-2-4-12(17(13)19)11-20(14)15(16)10-18/h12-17H,2-9,11H2,1H3/t12-,13+,14+,15?,16?,17-/m0/s1. The van der Waals surface area contributed by atoms with E-state index in [-0.39, 0.29) is 12.1 Å². The zero-order valence-electron chi connectivity index (χ0n) is 13.1. The van der Waals surface area contributed by atoms with Gasteiger partial charge in [-0.3, -0.25) is 9.80 Å². The molecule has 116 valence electrons. The Hall–Kier alpha value is -0.630. The minimum Gasteiger partial charge on any atom is -0.379 e. The molecule has 21 heavy (non-hydrogen) atoms. The van der Waals surface area contributed by atoms with Gasteiger partial charge in [-0.15, -0.1) is 0 Å². The van der Waals surface area contributed by atoms with Crippen molar-refractivity contribution in [3.05, 3.63) is 0 Å². The van der Waals surface area contributed by atoms with Gasteiger partial charge in [0.05, 0.1) is 12.2 Å². The molecule has 0 N–H and O–H groups in total. The first-order valence-corrected chi connectivity index (χ1v) is 8.75. The molecule has 6 atom stereocenters. The Morgan fingerprint density at radius 2 is 1.90 bits per heavy atom. The largest absolute Gasteiger partial charge is 0.379 e. The Morgan fingerprint density at radius 1 is 1.10 bits per heavy atom. The van der Waals surface area contributed by atoms with Gasteiger partial charge in [-0.05, 0) is 63.5 Å². The third kappa shape index (κ3) is 2.13. The van der Waals surface area contributed by atoms with Crippen LogP contribution in [0.1, 0.15) is 38.5 Å². The van der Waals surface area contributed by atoms with Crippen LogP contribution >= 0.6 is 0 Å². The van der Waals surface area contributed by atoms with Crippen LogP contribution in [0.5, 0.6) is 0 Å². The van der Waals surface area contributed by atoms with Gasteiger partial charge in [-0.25, -0.2) is 0 Å². The second kappa shape index (κ2) is 5.53. The number of rotatable bonds is 1. The first-order valence-electron chi connectivity index (χ1n) is 8.75. The molecule has 0 amide bonds. The molecular weight excluding hydrogens is 262 g/mol. The minimum absolute atomic E-state index is 0.0213. The first-order chi connectivity index (χ1) is 10.3. The molecule has 4 rings (SSSR count). The molecular formula is C17H27N3O. The molecule has 0 spiro atoms. The van der Waals surface area contributed by atoms with Gasteiger partial charge in [0.25, 0.3) is 0 Å². The van der Waals surface area contributed by atoms with Crippen LogP contribution in [0.2, 0.25) is 0 Å². The SMILES string of the molecule is COC1CC[C@@H]2[C@H]3CCCN4CCC[C@@H](CN2C1C#N)[C@@H]34. The second-order valence-corrected chi connectivity index (χ2v) is 7.42. The highest BCUT2D eigenvalue weighted by Crippen LogP contribution is 2.45. The normalized spacial score (nSPS) is 47.2. The summed E-state index contributed by atoms with van der Waals surface area (Å²) in [5.74, 6) is 1.58. The van der Waals surface area contributed by atoms with E-state index in [2.05, 4.69) is 15.9 Å². The molecule has 0 radical (unpaired) electrons. The molecule has 4 heteroatoms. The maximum Gasteiger partial charge on any atom is 0.124 e. The number of nitrogens with zero attached hydrogens (tertiary/aromatic N) is 3. The summed E-state index contributed by atoms with van der Waals surface area (Å²) < 4.78 is 5.61. The zero-order chi connectivity index (χ0) is 14.4. The minimum atomic E-state index is -0.0213. The van der Waals surface area contributed by atoms with E-state index in [1.807, 2.05) is 0 Å². The lowest BCUT2D eigenvalue weighted by Crippen LogP contribution is -2.68. The highest BCUT2D eigenvalue weighted by Gasteiger charge is 2.52. The van der Waals surface area contributed by atoms with E-state index in [1.165, 1.54) is 45.2 Å². The van der Waals surface area contributed by atoms with Crippen molar-refractivity contribution in [2.45, 2.75) is 62.8 Å². The Balaban J connectivity index is 1.63. The second-order valence-electron chi connectivity index (χ2n) is 7.42. The molecule has 4 nitrogen and oxygen atoms in total. The van der Waals surface area contributed by atoms with Gasteiger partial charge in [-0.1, -0.05) is 0 Å². The summed E-state index contributed by atoms with van der Waals surface area (Å²) >= 11 is 0. The first kappa shape index (κ1) is 14.0. The van der Waals surface area contributed by atoms with Crippen molar-refractivity contribution in [3.8, 4) is 6.07 Å². The summed E-state index contributed by atoms with van der Waals surface area (Å²) in [7, 11) is 1.77. The molecule has 0 aliphatic carbocycles. The number of piperidine rings is 4. The third-order valence-corrected chi connectivity index (χ3v) is 6.60. The van der Waals surface area contributed by atoms with E-state index >= 15 is 0 Å². The van der Waals surface area contributed by atoms with Crippen LogP contribution in [0.15, 0.2) is 0 Å². The van der Waals surface area contributed by atoms with E-state index in [0.29, 0.717) is 6.04 Å². The number of nitriles is 1. The van der Waals surface area contributed by atoms with Crippen LogP contribution in [0.4, 0.5) is 0 Å². The molecule has 0 aromatic carbocycles. The fourth-order valence-corrected chi connectivity index (χ4v) is 5.84. The van der Waals surface area contributed by atoms with E-state index < -0.39 is 0 Å². The Morgan fingerprint density at radius 3 is 2.67 bits per heavy atom. The van der Waals surface area contributed by atoms with Crippen molar-refractivity contribution >= 4 is 0 Å². The zero-order valence-corrected chi connectivity index (χ0v) is 13.1. The molecule has 0 saturated carbocycles. The van der Waals surface area contributed by atoms with Gasteiger partial charge >= 0.3 is 0 Å². The maximum atomic E-state index is 9.67. The van der Waals surface area contributed by atoms with Crippen molar-refractivity contribution in [2.24, 2.45) is 11.8 Å². The maximum absolute atomic E-state index is 9.67. The fourth-order valence-electron chi connectivity index (χ4n) is 5.84. The van der Waals surface area contributed by atoms with E-state index in [9.17, 15) is 5.26 Å². The molecule has 4 heterocycles. The summed E-state index contributed by atoms with van der Waals surface area (Å²) in [4.78, 5) is 5.32. The van der Waals surface area contributed by atoms with Crippen molar-refractivity contribution in [2.75, 3.05) is 26.7 Å². The number of methoxy groups -OCH3 is 1. The van der Waals surface area contributed by atoms with Gasteiger partial charge in [-0.2, -0.15) is 5.26 Å². The molecule has 4 saturated heterocycles. The third-order valence-electron chi connectivity index (χ3n) is 6.60. The predicted octanol–water partition coefficient (Wildman–Crippen LogP) is 1.86. The van der Waals surface area contributed by atoms with Gasteiger partial charge in [0.1, 0.15) is 6.04 Å². The van der Waals surface area contributed by atoms with Crippen molar-refractivity contribution in [3.63, 3.8) is 0 Å². The van der Waals surface area contributed by atoms with Crippen LogP contribution in [0, 0.1) is 23.2 Å². The Bertz CT molecular complexity index is 432. The van der Waals surface area contributed by atoms with Crippen LogP contribution in [-0.4, -0.2) is 60.8 Å². The smallest absolute Gasteiger partial charge is 0.124 e. The molecule has 4 fully saturated rings. The fraction of sp³-hybridized carbons (Fsp3) is 0.941. The van der Waals surface area contributed by atoms with Gasteiger partial charge in [0.15, 0.2) is 0 Å². The Labute approximate surface area is 128 Å². The van der Waals surface area contributed by atoms with Crippen molar-refractivity contribution < 1.29 is 4.74 Å². The van der Waals surface area contributed by atoms with Crippen LogP contribution < -0.4 is 0 Å². The lowest BCUT2D eigenvalue weighted by molar-refractivity contribution is -0.122. The summed E-state index contributed by atoms with van der Waals surface area (Å²) in [5.41, 5.74) is 0. The Kier molecular flexibility index (Phi) is 3.69. The summed E-state index contributed by atoms with van der Waals surface area (Å²) in [6.07, 6.45) is 7.82. The van der Waals surface area contributed by atoms with Gasteiger partial charge < -0.3 is 4.74 Å². The number of hydrogen-bond acceptors (Lipinski definition) is 4. The average Bonchev–Trinajstić information content (AvgIpc) is 2.54. The molecule has 0 bridgehead atoms. The summed E-state index contributed by atoms with van der Waals surface area (Å²) in [6.45, 7) is 3.75. The van der Waals surface area contributed by atoms with Gasteiger partial charge in [0, 0.05) is 25.7 Å². The van der Waals surface area contributed by atoms with Gasteiger partial charge in [0.2, 0.25) is 0 Å². The van der Waals surface area contributed by atoms with Crippen molar-refractivity contribution in [1.29, 1.82) is 5.26 Å².